The summed E-state index contributed by atoms with van der Waals surface area (Å²) < 4.78 is 0. The van der Waals surface area contributed by atoms with E-state index in [9.17, 15) is 14.4 Å². The highest BCUT2D eigenvalue weighted by atomic mass is 32.1. The molecule has 0 spiro atoms. The maximum absolute atomic E-state index is 12.1. The molecule has 1 aromatic carbocycles. The van der Waals surface area contributed by atoms with Crippen molar-refractivity contribution in [2.24, 2.45) is 0 Å². The van der Waals surface area contributed by atoms with Crippen molar-refractivity contribution < 1.29 is 14.4 Å². The molecule has 1 aliphatic heterocycles. The first-order valence-corrected chi connectivity index (χ1v) is 11.9. The average molecular weight is 460 g/mol. The second-order valence-electron chi connectivity index (χ2n) is 7.27. The minimum atomic E-state index is -0.745. The summed E-state index contributed by atoms with van der Waals surface area (Å²) in [5, 5.41) is 8.88. The molecular formula is C23H33N5O3S. The lowest BCUT2D eigenvalue weighted by atomic mass is 10.1. The summed E-state index contributed by atoms with van der Waals surface area (Å²) in [6.07, 6.45) is 4.31. The summed E-state index contributed by atoms with van der Waals surface area (Å²) >= 11 is 1.66. The van der Waals surface area contributed by atoms with Gasteiger partial charge >= 0.3 is 11.8 Å². The summed E-state index contributed by atoms with van der Waals surface area (Å²) in [7, 11) is 0. The lowest BCUT2D eigenvalue weighted by Crippen LogP contribution is -2.36. The van der Waals surface area contributed by atoms with Crippen LogP contribution in [0.3, 0.4) is 0 Å². The highest BCUT2D eigenvalue weighted by Gasteiger charge is 2.18. The van der Waals surface area contributed by atoms with Gasteiger partial charge < -0.3 is 20.9 Å². The van der Waals surface area contributed by atoms with Crippen LogP contribution >= 0.6 is 11.3 Å². The molecule has 0 unspecified atom stereocenters. The van der Waals surface area contributed by atoms with Crippen LogP contribution in [0.4, 0.5) is 16.5 Å². The monoisotopic (exact) mass is 459 g/mol. The van der Waals surface area contributed by atoms with Gasteiger partial charge in [-0.25, -0.2) is 4.98 Å². The van der Waals surface area contributed by atoms with E-state index in [1.165, 1.54) is 26.2 Å². The van der Waals surface area contributed by atoms with E-state index in [1.807, 2.05) is 20.8 Å². The Balaban J connectivity index is 0.00000176. The first kappa shape index (κ1) is 25.3. The van der Waals surface area contributed by atoms with Crippen LogP contribution in [-0.2, 0) is 20.8 Å². The van der Waals surface area contributed by atoms with Gasteiger partial charge in [-0.05, 0) is 44.4 Å². The van der Waals surface area contributed by atoms with Gasteiger partial charge in [-0.3, -0.25) is 14.4 Å². The molecule has 0 bridgehead atoms. The number of nitrogens with one attached hydrogen (secondary N) is 3. The van der Waals surface area contributed by atoms with Crippen LogP contribution in [-0.4, -0.2) is 42.3 Å². The Labute approximate surface area is 193 Å². The number of carbonyl (C=O) groups is 3. The molecule has 32 heavy (non-hydrogen) atoms. The highest BCUT2D eigenvalue weighted by Crippen LogP contribution is 2.28. The number of carbonyl (C=O) groups excluding carboxylic acids is 3. The Kier molecular flexibility index (Phi) is 10.1. The van der Waals surface area contributed by atoms with Gasteiger partial charge in [-0.15, -0.1) is 11.3 Å². The van der Waals surface area contributed by atoms with Crippen LogP contribution in [0.1, 0.15) is 50.6 Å². The van der Waals surface area contributed by atoms with Gasteiger partial charge in [0.2, 0.25) is 5.91 Å². The number of aromatic nitrogens is 1. The Hall–Kier alpha value is -2.94. The Morgan fingerprint density at radius 3 is 2.34 bits per heavy atom. The lowest BCUT2D eigenvalue weighted by Gasteiger charge is -2.25. The van der Waals surface area contributed by atoms with Crippen molar-refractivity contribution in [1.82, 2.24) is 10.3 Å². The molecular weight excluding hydrogens is 426 g/mol. The smallest absolute Gasteiger partial charge is 0.313 e. The molecule has 0 radical (unpaired) electrons. The van der Waals surface area contributed by atoms with E-state index in [1.54, 1.807) is 35.6 Å². The normalized spacial score (nSPS) is 12.9. The number of aryl methyl sites for hydroxylation is 1. The van der Waals surface area contributed by atoms with Crippen molar-refractivity contribution in [3.63, 3.8) is 0 Å². The molecule has 1 fully saturated rings. The van der Waals surface area contributed by atoms with Crippen molar-refractivity contribution in [2.45, 2.75) is 53.4 Å². The number of hydrogen-bond acceptors (Lipinski definition) is 6. The van der Waals surface area contributed by atoms with E-state index in [0.29, 0.717) is 24.3 Å². The molecule has 0 aliphatic carbocycles. The van der Waals surface area contributed by atoms with E-state index in [4.69, 9.17) is 0 Å². The number of anilines is 3. The maximum Gasteiger partial charge on any atom is 0.313 e. The molecule has 1 saturated heterocycles. The van der Waals surface area contributed by atoms with Crippen LogP contribution < -0.4 is 20.9 Å². The van der Waals surface area contributed by atoms with Crippen LogP contribution in [0.15, 0.2) is 24.3 Å². The third kappa shape index (κ3) is 7.64. The molecule has 3 N–H and O–H groups in total. The molecule has 3 amide bonds. The number of piperidine rings is 1. The van der Waals surface area contributed by atoms with Crippen molar-refractivity contribution >= 4 is 45.6 Å². The number of hydrogen-bond donors (Lipinski definition) is 3. The zero-order valence-electron chi connectivity index (χ0n) is 19.3. The molecule has 2 aromatic rings. The Bertz CT molecular complexity index is 922. The van der Waals surface area contributed by atoms with Crippen LogP contribution in [0.25, 0.3) is 0 Å². The zero-order chi connectivity index (χ0) is 23.5. The average Bonchev–Trinajstić information content (AvgIpc) is 3.16. The largest absolute Gasteiger partial charge is 0.348 e. The number of amides is 3. The third-order valence-electron chi connectivity index (χ3n) is 4.79. The van der Waals surface area contributed by atoms with Gasteiger partial charge in [0.15, 0.2) is 5.13 Å². The fourth-order valence-corrected chi connectivity index (χ4v) is 4.41. The standard InChI is InChI=1S/C21H27N5O3S.C2H6/c1-14-18(30-21(23-14)26-11-4-3-5-12-26)9-10-22-19(28)20(29)25-17-8-6-7-16(13-17)24-15(2)27;1-2/h6-8,13H,3-5,9-12H2,1-2H3,(H,22,28)(H,24,27)(H,25,29);1-2H3. The second kappa shape index (κ2) is 12.8. The summed E-state index contributed by atoms with van der Waals surface area (Å²) in [5.41, 5.74) is 1.96. The Morgan fingerprint density at radius 1 is 1.03 bits per heavy atom. The number of rotatable bonds is 6. The fraction of sp³-hybridized carbons (Fsp3) is 0.478. The van der Waals surface area contributed by atoms with E-state index < -0.39 is 11.8 Å². The number of thiazole rings is 1. The molecule has 174 valence electrons. The van der Waals surface area contributed by atoms with Gasteiger partial charge in [-0.1, -0.05) is 19.9 Å². The Morgan fingerprint density at radius 2 is 1.69 bits per heavy atom. The van der Waals surface area contributed by atoms with Gasteiger partial charge in [0.1, 0.15) is 0 Å². The zero-order valence-corrected chi connectivity index (χ0v) is 20.1. The summed E-state index contributed by atoms with van der Waals surface area (Å²) in [4.78, 5) is 43.5. The molecule has 1 aromatic heterocycles. The van der Waals surface area contributed by atoms with Crippen LogP contribution in [0.2, 0.25) is 0 Å². The minimum absolute atomic E-state index is 0.210. The molecule has 2 heterocycles. The predicted octanol–water partition coefficient (Wildman–Crippen LogP) is 3.72. The molecule has 0 atom stereocenters. The molecule has 3 rings (SSSR count). The molecule has 0 saturated carbocycles. The van der Waals surface area contributed by atoms with Crippen LogP contribution in [0.5, 0.6) is 0 Å². The second-order valence-corrected chi connectivity index (χ2v) is 8.34. The molecule has 9 heteroatoms. The summed E-state index contributed by atoms with van der Waals surface area (Å²) in [6, 6.07) is 6.63. The van der Waals surface area contributed by atoms with E-state index in [2.05, 4.69) is 25.8 Å². The van der Waals surface area contributed by atoms with E-state index in [-0.39, 0.29) is 5.91 Å². The lowest BCUT2D eigenvalue weighted by molar-refractivity contribution is -0.136. The van der Waals surface area contributed by atoms with Crippen molar-refractivity contribution in [1.29, 1.82) is 0 Å². The summed E-state index contributed by atoms with van der Waals surface area (Å²) in [5.74, 6) is -1.65. The van der Waals surface area contributed by atoms with Gasteiger partial charge in [0, 0.05) is 49.2 Å². The van der Waals surface area contributed by atoms with Crippen molar-refractivity contribution in [2.75, 3.05) is 35.2 Å². The third-order valence-corrected chi connectivity index (χ3v) is 6.07. The summed E-state index contributed by atoms with van der Waals surface area (Å²) in [6.45, 7) is 9.84. The number of benzene rings is 1. The van der Waals surface area contributed by atoms with E-state index in [0.717, 1.165) is 28.8 Å². The fourth-order valence-electron chi connectivity index (χ4n) is 3.30. The highest BCUT2D eigenvalue weighted by molar-refractivity contribution is 7.15. The van der Waals surface area contributed by atoms with Gasteiger partial charge in [-0.2, -0.15) is 0 Å². The van der Waals surface area contributed by atoms with Crippen molar-refractivity contribution in [3.8, 4) is 0 Å². The quantitative estimate of drug-likeness (QED) is 0.571. The minimum Gasteiger partial charge on any atom is -0.348 e. The first-order valence-electron chi connectivity index (χ1n) is 11.1. The number of nitrogens with zero attached hydrogens (tertiary/aromatic N) is 2. The maximum atomic E-state index is 12.1. The van der Waals surface area contributed by atoms with Crippen molar-refractivity contribution in [3.05, 3.63) is 34.8 Å². The molecule has 1 aliphatic rings. The van der Waals surface area contributed by atoms with Crippen LogP contribution in [0, 0.1) is 6.92 Å². The van der Waals surface area contributed by atoms with Gasteiger partial charge in [0.25, 0.3) is 0 Å². The van der Waals surface area contributed by atoms with E-state index >= 15 is 0 Å². The molecule has 8 nitrogen and oxygen atoms in total. The first-order chi connectivity index (χ1) is 15.4. The topological polar surface area (TPSA) is 103 Å². The van der Waals surface area contributed by atoms with Gasteiger partial charge in [0.05, 0.1) is 5.69 Å². The predicted molar refractivity (Wildman–Crippen MR) is 130 cm³/mol. The SMILES string of the molecule is CC.CC(=O)Nc1cccc(NC(=O)C(=O)NCCc2sc(N3CCCCC3)nc2C)c1.